The van der Waals surface area contributed by atoms with E-state index in [0.29, 0.717) is 28.4 Å². The van der Waals surface area contributed by atoms with E-state index in [9.17, 15) is 9.59 Å². The normalized spacial score (nSPS) is 19.8. The number of nitrogens with one attached hydrogen (secondary N) is 2. The minimum absolute atomic E-state index is 0.0853. The molecule has 2 N–H and O–H groups in total. The van der Waals surface area contributed by atoms with Gasteiger partial charge in [-0.2, -0.15) is 0 Å². The number of nitrogens with zero attached hydrogens (tertiary/aromatic N) is 1. The minimum atomic E-state index is -0.598. The van der Waals surface area contributed by atoms with Gasteiger partial charge in [0.1, 0.15) is 17.6 Å². The minimum Gasteiger partial charge on any atom is -0.495 e. The number of halogens is 2. The van der Waals surface area contributed by atoms with Crippen LogP contribution in [0.3, 0.4) is 0 Å². The molecule has 0 aromatic heterocycles. The van der Waals surface area contributed by atoms with E-state index in [0.717, 1.165) is 31.6 Å². The predicted molar refractivity (Wildman–Crippen MR) is 118 cm³/mol. The molecule has 2 aromatic carbocycles. The average Bonchev–Trinajstić information content (AvgIpc) is 2.77. The van der Waals surface area contributed by atoms with Crippen molar-refractivity contribution in [2.24, 2.45) is 0 Å². The Morgan fingerprint density at radius 1 is 1.13 bits per heavy atom. The number of amides is 2. The highest BCUT2D eigenvalue weighted by Crippen LogP contribution is 2.37. The molecule has 2 heterocycles. The molecule has 2 aliphatic heterocycles. The summed E-state index contributed by atoms with van der Waals surface area (Å²) in [5, 5.41) is 6.03. The average molecular weight is 446 g/mol. The quantitative estimate of drug-likeness (QED) is 0.678. The van der Waals surface area contributed by atoms with Gasteiger partial charge in [0.25, 0.3) is 0 Å². The maximum absolute atomic E-state index is 15.1. The molecule has 0 saturated carbocycles. The van der Waals surface area contributed by atoms with Crippen LogP contribution in [0, 0.1) is 5.82 Å². The fraction of sp³-hybridized carbons (Fsp3) is 0.391. The zero-order valence-electron chi connectivity index (χ0n) is 17.3. The number of methoxy groups -OCH3 is 1. The zero-order valence-corrected chi connectivity index (χ0v) is 18.0. The summed E-state index contributed by atoms with van der Waals surface area (Å²) in [5.41, 5.74) is 2.16. The first-order chi connectivity index (χ1) is 14.9. The fourth-order valence-corrected chi connectivity index (χ4v) is 4.41. The van der Waals surface area contributed by atoms with E-state index in [1.54, 1.807) is 6.07 Å². The third kappa shape index (κ3) is 4.77. The van der Waals surface area contributed by atoms with Gasteiger partial charge in [0, 0.05) is 36.3 Å². The van der Waals surface area contributed by atoms with Crippen LogP contribution < -0.4 is 20.3 Å². The van der Waals surface area contributed by atoms with Crippen molar-refractivity contribution < 1.29 is 18.7 Å². The molecule has 0 radical (unpaired) electrons. The van der Waals surface area contributed by atoms with Crippen molar-refractivity contribution in [1.82, 2.24) is 5.32 Å². The molecule has 1 atom stereocenters. The Labute approximate surface area is 185 Å². The molecule has 2 saturated heterocycles. The first kappa shape index (κ1) is 21.4. The van der Waals surface area contributed by atoms with Crippen LogP contribution in [0.1, 0.15) is 37.2 Å². The first-order valence-electron chi connectivity index (χ1n) is 10.4. The van der Waals surface area contributed by atoms with Gasteiger partial charge in [0.15, 0.2) is 0 Å². The van der Waals surface area contributed by atoms with E-state index < -0.39 is 11.9 Å². The first-order valence-corrected chi connectivity index (χ1v) is 10.8. The Hall–Kier alpha value is -2.80. The molecule has 2 amide bonds. The van der Waals surface area contributed by atoms with Crippen LogP contribution >= 0.6 is 11.6 Å². The number of carbonyl (C=O) groups is 2. The van der Waals surface area contributed by atoms with Gasteiger partial charge in [-0.3, -0.25) is 14.9 Å². The monoisotopic (exact) mass is 445 g/mol. The van der Waals surface area contributed by atoms with Crippen LogP contribution in [0.4, 0.5) is 15.8 Å². The maximum atomic E-state index is 15.1. The summed E-state index contributed by atoms with van der Waals surface area (Å²) in [7, 11) is 1.52. The second-order valence-corrected chi connectivity index (χ2v) is 8.40. The number of rotatable bonds is 5. The molecule has 0 bridgehead atoms. The fourth-order valence-electron chi connectivity index (χ4n) is 4.28. The molecule has 31 heavy (non-hydrogen) atoms. The Morgan fingerprint density at radius 3 is 2.48 bits per heavy atom. The molecule has 2 aliphatic rings. The van der Waals surface area contributed by atoms with E-state index in [1.807, 2.05) is 24.3 Å². The van der Waals surface area contributed by atoms with Gasteiger partial charge in [0.05, 0.1) is 12.8 Å². The second kappa shape index (κ2) is 9.14. The van der Waals surface area contributed by atoms with Crippen molar-refractivity contribution in [3.8, 4) is 5.75 Å². The van der Waals surface area contributed by atoms with E-state index in [1.165, 1.54) is 13.2 Å². The van der Waals surface area contributed by atoms with Crippen LogP contribution in [0.5, 0.6) is 5.75 Å². The van der Waals surface area contributed by atoms with Crippen molar-refractivity contribution >= 4 is 34.8 Å². The van der Waals surface area contributed by atoms with Crippen molar-refractivity contribution in [3.63, 3.8) is 0 Å². The summed E-state index contributed by atoms with van der Waals surface area (Å²) in [6, 6.07) is 10.3. The summed E-state index contributed by atoms with van der Waals surface area (Å²) >= 11 is 5.97. The van der Waals surface area contributed by atoms with Gasteiger partial charge in [-0.05, 0) is 61.1 Å². The van der Waals surface area contributed by atoms with E-state index in [4.69, 9.17) is 16.3 Å². The summed E-state index contributed by atoms with van der Waals surface area (Å²) < 4.78 is 20.5. The smallest absolute Gasteiger partial charge is 0.249 e. The molecular formula is C23H25ClFN3O3. The van der Waals surface area contributed by atoms with Gasteiger partial charge >= 0.3 is 0 Å². The number of piperidine rings is 2. The number of ether oxygens (including phenoxy) is 1. The Kier molecular flexibility index (Phi) is 6.32. The predicted octanol–water partition coefficient (Wildman–Crippen LogP) is 4.09. The Morgan fingerprint density at radius 2 is 1.84 bits per heavy atom. The van der Waals surface area contributed by atoms with E-state index in [2.05, 4.69) is 15.5 Å². The summed E-state index contributed by atoms with van der Waals surface area (Å²) in [6.45, 7) is 1.65. The lowest BCUT2D eigenvalue weighted by Crippen LogP contribution is -2.47. The van der Waals surface area contributed by atoms with E-state index in [-0.39, 0.29) is 24.1 Å². The SMILES string of the molecule is COc1cc(C2CCN(c3ccc(Cl)cc3)CC2)c(F)cc1NC1CCC(=O)NC1=O. The largest absolute Gasteiger partial charge is 0.495 e. The molecule has 6 nitrogen and oxygen atoms in total. The van der Waals surface area contributed by atoms with Crippen molar-refractivity contribution in [2.45, 2.75) is 37.6 Å². The molecule has 8 heteroatoms. The van der Waals surface area contributed by atoms with Crippen LogP contribution in [0.15, 0.2) is 36.4 Å². The Bertz CT molecular complexity index is 975. The molecular weight excluding hydrogens is 421 g/mol. The molecule has 2 aromatic rings. The van der Waals surface area contributed by atoms with Crippen molar-refractivity contribution in [2.75, 3.05) is 30.4 Å². The van der Waals surface area contributed by atoms with Crippen molar-refractivity contribution in [1.29, 1.82) is 0 Å². The number of benzene rings is 2. The lowest BCUT2D eigenvalue weighted by atomic mass is 9.88. The van der Waals surface area contributed by atoms with Gasteiger partial charge in [0.2, 0.25) is 11.8 Å². The number of imide groups is 1. The Balaban J connectivity index is 1.46. The molecule has 164 valence electrons. The second-order valence-electron chi connectivity index (χ2n) is 7.96. The number of hydrogen-bond acceptors (Lipinski definition) is 5. The summed E-state index contributed by atoms with van der Waals surface area (Å²) in [6.07, 6.45) is 2.25. The third-order valence-corrected chi connectivity index (χ3v) is 6.27. The molecule has 2 fully saturated rings. The number of anilines is 2. The highest BCUT2D eigenvalue weighted by Gasteiger charge is 2.29. The van der Waals surface area contributed by atoms with Crippen LogP contribution in [0.25, 0.3) is 0 Å². The summed E-state index contributed by atoms with van der Waals surface area (Å²) in [4.78, 5) is 25.7. The van der Waals surface area contributed by atoms with Gasteiger partial charge < -0.3 is 15.0 Å². The lowest BCUT2D eigenvalue weighted by Gasteiger charge is -2.34. The summed E-state index contributed by atoms with van der Waals surface area (Å²) in [5.74, 6) is -0.442. The number of carbonyl (C=O) groups excluding carboxylic acids is 2. The van der Waals surface area contributed by atoms with Crippen LogP contribution in [-0.2, 0) is 9.59 Å². The van der Waals surface area contributed by atoms with Gasteiger partial charge in [-0.1, -0.05) is 11.6 Å². The molecule has 0 aliphatic carbocycles. The van der Waals surface area contributed by atoms with E-state index >= 15 is 4.39 Å². The molecule has 1 unspecified atom stereocenters. The topological polar surface area (TPSA) is 70.7 Å². The highest BCUT2D eigenvalue weighted by atomic mass is 35.5. The molecule has 0 spiro atoms. The highest BCUT2D eigenvalue weighted by molar-refractivity contribution is 6.30. The molecule has 4 rings (SSSR count). The number of hydrogen-bond donors (Lipinski definition) is 2. The maximum Gasteiger partial charge on any atom is 0.249 e. The zero-order chi connectivity index (χ0) is 22.0. The van der Waals surface area contributed by atoms with Crippen LogP contribution in [-0.4, -0.2) is 38.1 Å². The van der Waals surface area contributed by atoms with Gasteiger partial charge in [-0.25, -0.2) is 4.39 Å². The lowest BCUT2D eigenvalue weighted by molar-refractivity contribution is -0.133. The van der Waals surface area contributed by atoms with Crippen molar-refractivity contribution in [3.05, 3.63) is 52.8 Å². The van der Waals surface area contributed by atoms with Crippen LogP contribution in [0.2, 0.25) is 5.02 Å². The van der Waals surface area contributed by atoms with Gasteiger partial charge in [-0.15, -0.1) is 0 Å². The standard InChI is InChI=1S/C23H25ClFN3O3/c1-31-21-12-17(14-8-10-28(11-9-14)16-4-2-15(24)3-5-16)18(25)13-20(21)26-19-6-7-22(29)27-23(19)30/h2-5,12-14,19,26H,6-11H2,1H3,(H,27,29,30). The third-order valence-electron chi connectivity index (χ3n) is 6.01.